The molecule has 0 radical (unpaired) electrons. The van der Waals surface area contributed by atoms with E-state index >= 15 is 0 Å². The van der Waals surface area contributed by atoms with Crippen LogP contribution >= 0.6 is 15.9 Å². The van der Waals surface area contributed by atoms with Crippen LogP contribution in [-0.2, 0) is 0 Å². The first-order valence-electron chi connectivity index (χ1n) is 9.32. The molecule has 0 bridgehead atoms. The van der Waals surface area contributed by atoms with Crippen molar-refractivity contribution in [1.29, 1.82) is 0 Å². The first kappa shape index (κ1) is 20.7. The van der Waals surface area contributed by atoms with E-state index in [-0.39, 0.29) is 5.78 Å². The van der Waals surface area contributed by atoms with Crippen molar-refractivity contribution in [1.82, 2.24) is 0 Å². The van der Waals surface area contributed by atoms with E-state index in [0.29, 0.717) is 22.8 Å². The Morgan fingerprint density at radius 1 is 0.828 bits per heavy atom. The fraction of sp³-hybridized carbons (Fsp3) is 0.120. The summed E-state index contributed by atoms with van der Waals surface area (Å²) in [7, 11) is 0. The van der Waals surface area contributed by atoms with Crippen LogP contribution in [0.4, 0.5) is 0 Å². The van der Waals surface area contributed by atoms with Crippen molar-refractivity contribution in [2.45, 2.75) is 19.8 Å². The molecule has 3 rings (SSSR count). The summed E-state index contributed by atoms with van der Waals surface area (Å²) in [4.78, 5) is 24.5. The number of carbonyl (C=O) groups is 2. The van der Waals surface area contributed by atoms with Crippen molar-refractivity contribution in [2.24, 2.45) is 0 Å². The monoisotopic (exact) mass is 448 g/mol. The third-order valence-corrected chi connectivity index (χ3v) is 4.99. The summed E-state index contributed by atoms with van der Waals surface area (Å²) in [5.74, 6) is 0.318. The second-order valence-corrected chi connectivity index (χ2v) is 7.86. The fourth-order valence-corrected chi connectivity index (χ4v) is 2.96. The Bertz CT molecular complexity index is 1020. The minimum absolute atomic E-state index is 0.108. The Labute approximate surface area is 179 Å². The lowest BCUT2D eigenvalue weighted by Crippen LogP contribution is -2.08. The maximum atomic E-state index is 12.4. The van der Waals surface area contributed by atoms with E-state index in [9.17, 15) is 9.59 Å². The average Bonchev–Trinajstić information content (AvgIpc) is 2.73. The van der Waals surface area contributed by atoms with Gasteiger partial charge in [-0.15, -0.1) is 0 Å². The average molecular weight is 449 g/mol. The number of benzene rings is 3. The van der Waals surface area contributed by atoms with Crippen molar-refractivity contribution in [3.63, 3.8) is 0 Å². The predicted molar refractivity (Wildman–Crippen MR) is 119 cm³/mol. The van der Waals surface area contributed by atoms with Gasteiger partial charge in [0, 0.05) is 10.0 Å². The van der Waals surface area contributed by atoms with Gasteiger partial charge in [0.15, 0.2) is 5.78 Å². The Kier molecular flexibility index (Phi) is 6.78. The standard InChI is InChI=1S/C25H21BrO3/c1-17(2)19-6-3-18(4-7-19)5-16-24(27)20-10-14-23(15-11-20)29-25(28)21-8-12-22(26)13-9-21/h3-17H,1-2H3. The highest BCUT2D eigenvalue weighted by Gasteiger charge is 2.09. The maximum absolute atomic E-state index is 12.4. The third-order valence-electron chi connectivity index (χ3n) is 4.46. The van der Waals surface area contributed by atoms with Gasteiger partial charge in [-0.2, -0.15) is 0 Å². The third kappa shape index (κ3) is 5.75. The van der Waals surface area contributed by atoms with Gasteiger partial charge < -0.3 is 4.74 Å². The molecule has 3 aromatic carbocycles. The molecule has 0 heterocycles. The van der Waals surface area contributed by atoms with Crippen LogP contribution in [0.25, 0.3) is 6.08 Å². The number of esters is 1. The lowest BCUT2D eigenvalue weighted by molar-refractivity contribution is 0.0734. The largest absolute Gasteiger partial charge is 0.423 e. The number of rotatable bonds is 6. The Morgan fingerprint density at radius 2 is 1.41 bits per heavy atom. The molecule has 0 saturated carbocycles. The molecule has 4 heteroatoms. The molecule has 0 unspecified atom stereocenters. The van der Waals surface area contributed by atoms with E-state index in [4.69, 9.17) is 4.74 Å². The van der Waals surface area contributed by atoms with Crippen LogP contribution in [0.15, 0.2) is 83.3 Å². The van der Waals surface area contributed by atoms with Crippen molar-refractivity contribution in [2.75, 3.05) is 0 Å². The summed E-state index contributed by atoms with van der Waals surface area (Å²) in [5, 5.41) is 0. The molecule has 0 atom stereocenters. The molecule has 0 saturated heterocycles. The molecule has 146 valence electrons. The minimum atomic E-state index is -0.443. The molecule has 3 nitrogen and oxygen atoms in total. The summed E-state index contributed by atoms with van der Waals surface area (Å²) in [6, 6.07) is 21.6. The topological polar surface area (TPSA) is 43.4 Å². The van der Waals surface area contributed by atoms with Crippen LogP contribution in [0.3, 0.4) is 0 Å². The van der Waals surface area contributed by atoms with Crippen LogP contribution in [-0.4, -0.2) is 11.8 Å². The molecule has 0 spiro atoms. The first-order chi connectivity index (χ1) is 13.9. The molecule has 0 N–H and O–H groups in total. The fourth-order valence-electron chi connectivity index (χ4n) is 2.70. The van der Waals surface area contributed by atoms with Gasteiger partial charge in [0.05, 0.1) is 5.56 Å². The highest BCUT2D eigenvalue weighted by molar-refractivity contribution is 9.10. The Hall–Kier alpha value is -2.98. The van der Waals surface area contributed by atoms with Gasteiger partial charge >= 0.3 is 5.97 Å². The van der Waals surface area contributed by atoms with Gasteiger partial charge in [-0.25, -0.2) is 4.79 Å². The maximum Gasteiger partial charge on any atom is 0.343 e. The van der Waals surface area contributed by atoms with Gasteiger partial charge in [-0.3, -0.25) is 4.79 Å². The van der Waals surface area contributed by atoms with E-state index in [1.54, 1.807) is 60.7 Å². The zero-order chi connectivity index (χ0) is 20.8. The van der Waals surface area contributed by atoms with Crippen LogP contribution in [0.5, 0.6) is 5.75 Å². The van der Waals surface area contributed by atoms with Crippen LogP contribution in [0.2, 0.25) is 0 Å². The van der Waals surface area contributed by atoms with E-state index in [1.807, 2.05) is 12.1 Å². The number of hydrogen-bond acceptors (Lipinski definition) is 3. The zero-order valence-corrected chi connectivity index (χ0v) is 17.8. The summed E-state index contributed by atoms with van der Waals surface area (Å²) < 4.78 is 6.24. The molecule has 0 aromatic heterocycles. The van der Waals surface area contributed by atoms with E-state index in [1.165, 1.54) is 5.56 Å². The van der Waals surface area contributed by atoms with E-state index in [0.717, 1.165) is 10.0 Å². The summed E-state index contributed by atoms with van der Waals surface area (Å²) >= 11 is 3.33. The van der Waals surface area contributed by atoms with Crippen LogP contribution in [0.1, 0.15) is 51.6 Å². The van der Waals surface area contributed by atoms with Crippen LogP contribution < -0.4 is 4.74 Å². The zero-order valence-electron chi connectivity index (χ0n) is 16.3. The highest BCUT2D eigenvalue weighted by atomic mass is 79.9. The molecule has 0 fully saturated rings. The molecule has 0 aliphatic heterocycles. The lowest BCUT2D eigenvalue weighted by Gasteiger charge is -2.05. The summed E-state index contributed by atoms with van der Waals surface area (Å²) in [6.45, 7) is 4.29. The first-order valence-corrected chi connectivity index (χ1v) is 10.1. The molecular formula is C25H21BrO3. The summed E-state index contributed by atoms with van der Waals surface area (Å²) in [5.41, 5.74) is 3.23. The highest BCUT2D eigenvalue weighted by Crippen LogP contribution is 2.18. The molecule has 29 heavy (non-hydrogen) atoms. The number of hydrogen-bond donors (Lipinski definition) is 0. The van der Waals surface area contributed by atoms with Gasteiger partial charge in [0.25, 0.3) is 0 Å². The molecular weight excluding hydrogens is 428 g/mol. The summed E-state index contributed by atoms with van der Waals surface area (Å²) in [6.07, 6.45) is 3.35. The van der Waals surface area contributed by atoms with Crippen LogP contribution in [0, 0.1) is 0 Å². The van der Waals surface area contributed by atoms with Gasteiger partial charge in [-0.05, 0) is 71.7 Å². The smallest absolute Gasteiger partial charge is 0.343 e. The second kappa shape index (κ2) is 9.48. The van der Waals surface area contributed by atoms with Crippen molar-refractivity contribution in [3.8, 4) is 5.75 Å². The number of carbonyl (C=O) groups excluding carboxylic acids is 2. The van der Waals surface area contributed by atoms with E-state index in [2.05, 4.69) is 41.9 Å². The van der Waals surface area contributed by atoms with Crippen molar-refractivity contribution < 1.29 is 14.3 Å². The lowest BCUT2D eigenvalue weighted by atomic mass is 10.0. The number of ketones is 1. The minimum Gasteiger partial charge on any atom is -0.423 e. The van der Waals surface area contributed by atoms with Gasteiger partial charge in [0.2, 0.25) is 0 Å². The molecule has 0 aliphatic rings. The quantitative estimate of drug-likeness (QED) is 0.182. The predicted octanol–water partition coefficient (Wildman–Crippen LogP) is 6.69. The molecule has 3 aromatic rings. The van der Waals surface area contributed by atoms with Gasteiger partial charge in [0.1, 0.15) is 5.75 Å². The Balaban J connectivity index is 1.62. The number of ether oxygens (including phenoxy) is 1. The molecule has 0 aliphatic carbocycles. The van der Waals surface area contributed by atoms with E-state index < -0.39 is 5.97 Å². The SMILES string of the molecule is CC(C)c1ccc(C=CC(=O)c2ccc(OC(=O)c3ccc(Br)cc3)cc2)cc1. The molecule has 0 amide bonds. The van der Waals surface area contributed by atoms with Crippen molar-refractivity contribution >= 4 is 33.8 Å². The van der Waals surface area contributed by atoms with Gasteiger partial charge in [-0.1, -0.05) is 60.1 Å². The number of allylic oxidation sites excluding steroid dienone is 1. The number of halogens is 1. The Morgan fingerprint density at radius 3 is 2.00 bits per heavy atom. The van der Waals surface area contributed by atoms with Crippen molar-refractivity contribution in [3.05, 3.63) is 106 Å². The second-order valence-electron chi connectivity index (χ2n) is 6.94. The normalized spacial score (nSPS) is 11.0.